The molecular weight excluding hydrogens is 456 g/mol. The maximum atomic E-state index is 13.8. The van der Waals surface area contributed by atoms with Crippen LogP contribution in [0.25, 0.3) is 0 Å². The van der Waals surface area contributed by atoms with Gasteiger partial charge >= 0.3 is 6.18 Å². The van der Waals surface area contributed by atoms with E-state index in [1.165, 1.54) is 12.1 Å². The van der Waals surface area contributed by atoms with Crippen LogP contribution in [-0.4, -0.2) is 36.1 Å². The molecule has 0 aliphatic heterocycles. The predicted octanol–water partition coefficient (Wildman–Crippen LogP) is 2.37. The van der Waals surface area contributed by atoms with E-state index in [1.807, 2.05) is 0 Å². The largest absolute Gasteiger partial charge is 0.416 e. The van der Waals surface area contributed by atoms with Crippen LogP contribution in [0.15, 0.2) is 54.4 Å². The lowest BCUT2D eigenvalue weighted by atomic mass is 10.1. The first-order chi connectivity index (χ1) is 15.9. The number of nitrogens with zero attached hydrogens (tertiary/aromatic N) is 1. The molecule has 1 atom stereocenters. The number of amides is 2. The van der Waals surface area contributed by atoms with Crippen molar-refractivity contribution >= 4 is 18.0 Å². The normalized spacial score (nSPS) is 12.6. The fraction of sp³-hybridized carbons (Fsp3) is 0.227. The van der Waals surface area contributed by atoms with Crippen LogP contribution in [0.5, 0.6) is 0 Å². The lowest BCUT2D eigenvalue weighted by Gasteiger charge is -2.18. The Morgan fingerprint density at radius 3 is 2.38 bits per heavy atom. The molecular formula is C22H24F4N6O2. The van der Waals surface area contributed by atoms with E-state index in [2.05, 4.69) is 10.6 Å². The van der Waals surface area contributed by atoms with Gasteiger partial charge in [-0.25, -0.2) is 10.2 Å². The number of nitrogens with two attached hydrogens (primary N) is 2. The van der Waals surface area contributed by atoms with Gasteiger partial charge in [-0.15, -0.1) is 0 Å². The smallest absolute Gasteiger partial charge is 0.393 e. The first kappa shape index (κ1) is 26.3. The van der Waals surface area contributed by atoms with E-state index < -0.39 is 35.4 Å². The molecule has 12 heteroatoms. The molecule has 0 bridgehead atoms. The number of halogens is 4. The van der Waals surface area contributed by atoms with Crippen molar-refractivity contribution in [2.24, 2.45) is 11.6 Å². The summed E-state index contributed by atoms with van der Waals surface area (Å²) in [6.45, 7) is 1.74. The van der Waals surface area contributed by atoms with Crippen molar-refractivity contribution in [3.05, 3.63) is 82.4 Å². The molecule has 2 aromatic rings. The van der Waals surface area contributed by atoms with E-state index in [0.717, 1.165) is 41.7 Å². The minimum Gasteiger partial charge on any atom is -0.393 e. The van der Waals surface area contributed by atoms with E-state index in [4.69, 9.17) is 17.0 Å². The van der Waals surface area contributed by atoms with Gasteiger partial charge in [0.1, 0.15) is 11.5 Å². The Hall–Kier alpha value is -3.93. The number of carbonyl (C=O) groups is 2. The van der Waals surface area contributed by atoms with Gasteiger partial charge in [-0.05, 0) is 42.3 Å². The Balaban J connectivity index is 1.90. The van der Waals surface area contributed by atoms with Crippen molar-refractivity contribution in [3.63, 3.8) is 0 Å². The Morgan fingerprint density at radius 2 is 1.82 bits per heavy atom. The molecule has 0 radical (unpaired) electrons. The number of hydrogen-bond acceptors (Lipinski definition) is 6. The highest BCUT2D eigenvalue weighted by molar-refractivity contribution is 5.95. The molecule has 34 heavy (non-hydrogen) atoms. The van der Waals surface area contributed by atoms with Crippen LogP contribution in [0, 0.1) is 18.2 Å². The van der Waals surface area contributed by atoms with E-state index >= 15 is 0 Å². The maximum Gasteiger partial charge on any atom is 0.416 e. The number of alkyl halides is 3. The number of hydrogen-bond donors (Lipinski definition) is 5. The summed E-state index contributed by atoms with van der Waals surface area (Å²) in [6, 6.07) is 7.15. The average Bonchev–Trinajstić information content (AvgIpc) is 2.76. The number of nitrogens with one attached hydrogen (secondary N) is 3. The van der Waals surface area contributed by atoms with Gasteiger partial charge in [0.15, 0.2) is 0 Å². The van der Waals surface area contributed by atoms with Gasteiger partial charge in [-0.3, -0.25) is 9.59 Å². The quantitative estimate of drug-likeness (QED) is 0.123. The lowest BCUT2D eigenvalue weighted by Crippen LogP contribution is -2.38. The molecule has 0 spiro atoms. The Morgan fingerprint density at radius 1 is 1.18 bits per heavy atom. The molecule has 0 heterocycles. The monoisotopic (exact) mass is 480 g/mol. The van der Waals surface area contributed by atoms with Gasteiger partial charge in [0.25, 0.3) is 11.8 Å². The molecule has 8 nitrogen and oxygen atoms in total. The summed E-state index contributed by atoms with van der Waals surface area (Å²) < 4.78 is 51.9. The van der Waals surface area contributed by atoms with Crippen LogP contribution < -0.4 is 22.2 Å². The molecule has 0 fully saturated rings. The topological polar surface area (TPSA) is 137 Å². The summed E-state index contributed by atoms with van der Waals surface area (Å²) in [7, 11) is 0. The molecule has 0 saturated heterocycles. The third-order valence-electron chi connectivity index (χ3n) is 4.64. The Kier molecular flexibility index (Phi) is 8.73. The van der Waals surface area contributed by atoms with Crippen molar-refractivity contribution in [2.45, 2.75) is 19.1 Å². The third kappa shape index (κ3) is 7.30. The molecule has 0 aliphatic rings. The van der Waals surface area contributed by atoms with Crippen LogP contribution in [0.3, 0.4) is 0 Å². The highest BCUT2D eigenvalue weighted by Crippen LogP contribution is 2.29. The molecule has 0 aromatic heterocycles. The molecule has 2 aromatic carbocycles. The van der Waals surface area contributed by atoms with Crippen LogP contribution in [0.4, 0.5) is 17.6 Å². The minimum absolute atomic E-state index is 0.0166. The summed E-state index contributed by atoms with van der Waals surface area (Å²) in [5.41, 5.74) is 5.31. The van der Waals surface area contributed by atoms with Crippen molar-refractivity contribution < 1.29 is 27.2 Å². The summed E-state index contributed by atoms with van der Waals surface area (Å²) >= 11 is 0. The SMILES string of the molecule is Cc1ccc(C(=O)NCCN(N)/C=C(\N)C(=O)NC(C=N)c2ccc(C(F)(F)F)cc2)c(F)c1. The second-order valence-corrected chi connectivity index (χ2v) is 7.30. The lowest BCUT2D eigenvalue weighted by molar-refractivity contribution is -0.137. The van der Waals surface area contributed by atoms with E-state index in [0.29, 0.717) is 5.56 Å². The Bertz CT molecular complexity index is 1070. The van der Waals surface area contributed by atoms with Gasteiger partial charge in [0.2, 0.25) is 0 Å². The predicted molar refractivity (Wildman–Crippen MR) is 118 cm³/mol. The van der Waals surface area contributed by atoms with Gasteiger partial charge in [0, 0.05) is 19.0 Å². The summed E-state index contributed by atoms with van der Waals surface area (Å²) in [4.78, 5) is 24.4. The highest BCUT2D eigenvalue weighted by atomic mass is 19.4. The number of hydrazine groups is 1. The third-order valence-corrected chi connectivity index (χ3v) is 4.64. The van der Waals surface area contributed by atoms with Crippen LogP contribution in [0.1, 0.15) is 33.1 Å². The van der Waals surface area contributed by atoms with Gasteiger partial charge in [-0.1, -0.05) is 18.2 Å². The molecule has 2 amide bonds. The molecule has 182 valence electrons. The second-order valence-electron chi connectivity index (χ2n) is 7.30. The zero-order chi connectivity index (χ0) is 25.5. The minimum atomic E-state index is -4.51. The molecule has 0 aliphatic carbocycles. The number of rotatable bonds is 9. The fourth-order valence-corrected chi connectivity index (χ4v) is 2.83. The molecule has 2 rings (SSSR count). The van der Waals surface area contributed by atoms with Crippen molar-refractivity contribution in [2.75, 3.05) is 13.1 Å². The number of carbonyl (C=O) groups excluding carboxylic acids is 2. The van der Waals surface area contributed by atoms with Gasteiger partial charge < -0.3 is 26.8 Å². The van der Waals surface area contributed by atoms with Crippen molar-refractivity contribution in [1.29, 1.82) is 5.41 Å². The van der Waals surface area contributed by atoms with Gasteiger partial charge in [-0.2, -0.15) is 13.2 Å². The molecule has 7 N–H and O–H groups in total. The molecule has 1 unspecified atom stereocenters. The van der Waals surface area contributed by atoms with Crippen LogP contribution >= 0.6 is 0 Å². The van der Waals surface area contributed by atoms with E-state index in [9.17, 15) is 27.2 Å². The van der Waals surface area contributed by atoms with E-state index in [-0.39, 0.29) is 29.9 Å². The number of benzene rings is 2. The van der Waals surface area contributed by atoms with Gasteiger partial charge in [0.05, 0.1) is 23.7 Å². The van der Waals surface area contributed by atoms with Crippen molar-refractivity contribution in [3.8, 4) is 0 Å². The maximum absolute atomic E-state index is 13.8. The van der Waals surface area contributed by atoms with Crippen molar-refractivity contribution in [1.82, 2.24) is 15.6 Å². The average molecular weight is 480 g/mol. The number of aryl methyl sites for hydroxylation is 1. The first-order valence-corrected chi connectivity index (χ1v) is 9.94. The fourth-order valence-electron chi connectivity index (χ4n) is 2.83. The van der Waals surface area contributed by atoms with Crippen LogP contribution in [-0.2, 0) is 11.0 Å². The molecule has 0 saturated carbocycles. The van der Waals surface area contributed by atoms with Crippen LogP contribution in [0.2, 0.25) is 0 Å². The Labute approximate surface area is 193 Å². The highest BCUT2D eigenvalue weighted by Gasteiger charge is 2.30. The summed E-state index contributed by atoms with van der Waals surface area (Å²) in [5.74, 6) is 3.64. The zero-order valence-electron chi connectivity index (χ0n) is 18.1. The summed E-state index contributed by atoms with van der Waals surface area (Å²) in [6.07, 6.45) is -2.58. The summed E-state index contributed by atoms with van der Waals surface area (Å²) in [5, 5.41) is 13.4. The standard InChI is InChI=1S/C22H24F4N6O2/c1-13-2-7-16(17(23)10-13)20(33)30-8-9-32(29)12-18(28)21(34)31-19(11-27)14-3-5-15(6-4-14)22(24,25)26/h2-7,10-12,19,27H,8-9,28-29H2,1H3,(H,30,33)(H,31,34)/b18-12-,27-11?. The zero-order valence-corrected chi connectivity index (χ0v) is 18.1. The second kappa shape index (κ2) is 11.3. The first-order valence-electron chi connectivity index (χ1n) is 9.94. The van der Waals surface area contributed by atoms with E-state index in [1.54, 1.807) is 13.0 Å².